The standard InChI is InChI=1S/C34H22N8O12S4.4Na/c43-51-53-55-30-17-23(41-36-29-18-31(56-54-52-44)26-3-1-2-4-27(26)34(29)38-41)11-8-19(30)5-6-20-7-10-22(16-32(20)58(48,49)50)35-40-42-37-28-14-9-21-15-24(57(45,46)47)12-13-25(21)33(28)39-42;;;;/h1-18,43-44H,(H,45,46,47)(H,48,49,50);;;;/q;4*+1/p-4. The van der Waals surface area contributed by atoms with Gasteiger partial charge in [-0.3, -0.25) is 10.1 Å². The smallest absolute Gasteiger partial charge is 0.744 e. The topological polar surface area (TPSA) is 284 Å². The van der Waals surface area contributed by atoms with E-state index in [2.05, 4.69) is 49.5 Å². The van der Waals surface area contributed by atoms with E-state index in [0.717, 1.165) is 39.9 Å². The van der Waals surface area contributed by atoms with E-state index < -0.39 is 30.0 Å². The zero-order valence-electron chi connectivity index (χ0n) is 32.5. The van der Waals surface area contributed by atoms with Gasteiger partial charge in [-0.1, -0.05) is 60.7 Å². The molecule has 0 N–H and O–H groups in total. The predicted octanol–water partition coefficient (Wildman–Crippen LogP) is -7.53. The Balaban J connectivity index is 0.00000211. The van der Waals surface area contributed by atoms with Gasteiger partial charge in [0, 0.05) is 25.9 Å². The van der Waals surface area contributed by atoms with E-state index in [-0.39, 0.29) is 129 Å². The molecule has 8 aromatic rings. The molecule has 0 aliphatic heterocycles. The second-order valence-corrected chi connectivity index (χ2v) is 16.1. The minimum Gasteiger partial charge on any atom is -0.744 e. The summed E-state index contributed by atoms with van der Waals surface area (Å²) in [4.78, 5) is 2.04. The third-order valence-corrected chi connectivity index (χ3v) is 11.5. The van der Waals surface area contributed by atoms with Gasteiger partial charge in [0.25, 0.3) is 0 Å². The van der Waals surface area contributed by atoms with Crippen molar-refractivity contribution in [2.24, 2.45) is 10.3 Å². The Kier molecular flexibility index (Phi) is 19.3. The first-order chi connectivity index (χ1) is 27.9. The fraction of sp³-hybridized carbons (Fsp3) is 0. The van der Waals surface area contributed by atoms with Crippen molar-refractivity contribution >= 4 is 106 Å². The van der Waals surface area contributed by atoms with E-state index in [4.69, 9.17) is 0 Å². The maximum atomic E-state index is 12.4. The van der Waals surface area contributed by atoms with Gasteiger partial charge >= 0.3 is 118 Å². The summed E-state index contributed by atoms with van der Waals surface area (Å²) in [5, 5.41) is 56.2. The third kappa shape index (κ3) is 11.8. The zero-order valence-corrected chi connectivity index (χ0v) is 43.8. The fourth-order valence-corrected chi connectivity index (χ4v) is 8.16. The van der Waals surface area contributed by atoms with Crippen molar-refractivity contribution in [2.75, 3.05) is 0 Å². The molecule has 0 spiro atoms. The molecule has 2 heterocycles. The van der Waals surface area contributed by atoms with E-state index in [1.54, 1.807) is 30.3 Å². The van der Waals surface area contributed by atoms with Crippen LogP contribution in [0.1, 0.15) is 11.1 Å². The van der Waals surface area contributed by atoms with Gasteiger partial charge in [0.2, 0.25) is 0 Å². The molecule has 8 rings (SSSR count). The first kappa shape index (κ1) is 52.9. The Bertz CT molecular complexity index is 3220. The van der Waals surface area contributed by atoms with Gasteiger partial charge in [0.1, 0.15) is 42.3 Å². The molecule has 0 unspecified atom stereocenters. The van der Waals surface area contributed by atoms with E-state index in [1.165, 1.54) is 47.3 Å². The van der Waals surface area contributed by atoms with Gasteiger partial charge in [-0.2, -0.15) is 13.5 Å². The van der Waals surface area contributed by atoms with E-state index in [1.807, 2.05) is 24.3 Å². The Morgan fingerprint density at radius 1 is 0.613 bits per heavy atom. The largest absolute Gasteiger partial charge is 1.00 e. The average Bonchev–Trinajstić information content (AvgIpc) is 3.85. The van der Waals surface area contributed by atoms with Crippen molar-refractivity contribution in [3.05, 3.63) is 108 Å². The molecule has 28 heteroatoms. The first-order valence-electron chi connectivity index (χ1n) is 16.0. The molecule has 0 aliphatic carbocycles. The fourth-order valence-electron chi connectivity index (χ4n) is 5.94. The summed E-state index contributed by atoms with van der Waals surface area (Å²) in [7, 11) is -9.73. The van der Waals surface area contributed by atoms with Crippen molar-refractivity contribution in [1.29, 1.82) is 0 Å². The molecule has 6 aromatic carbocycles. The Morgan fingerprint density at radius 3 is 2.00 bits per heavy atom. The van der Waals surface area contributed by atoms with Crippen LogP contribution in [0.15, 0.2) is 127 Å². The molecule has 62 heavy (non-hydrogen) atoms. The predicted molar refractivity (Wildman–Crippen MR) is 199 cm³/mol. The van der Waals surface area contributed by atoms with Crippen LogP contribution < -0.4 is 129 Å². The molecule has 2 aromatic heterocycles. The summed E-state index contributed by atoms with van der Waals surface area (Å²) in [5.74, 6) is 0. The maximum Gasteiger partial charge on any atom is 1.00 e. The molecule has 0 amide bonds. The van der Waals surface area contributed by atoms with Crippen molar-refractivity contribution in [2.45, 2.75) is 19.6 Å². The average molecular weight is 951 g/mol. The van der Waals surface area contributed by atoms with Crippen LogP contribution in [-0.2, 0) is 39.0 Å². The number of aromatic nitrogens is 6. The molecule has 20 nitrogen and oxygen atoms in total. The molecule has 294 valence electrons. The van der Waals surface area contributed by atoms with Crippen molar-refractivity contribution in [1.82, 2.24) is 30.1 Å². The van der Waals surface area contributed by atoms with Gasteiger partial charge in [-0.25, -0.2) is 16.8 Å². The third-order valence-electron chi connectivity index (χ3n) is 8.45. The molecule has 0 atom stereocenters. The van der Waals surface area contributed by atoms with Crippen LogP contribution in [0.25, 0.3) is 61.5 Å². The van der Waals surface area contributed by atoms with Crippen LogP contribution in [0, 0.1) is 0 Å². The number of fused-ring (bicyclic) bond motifs is 6. The van der Waals surface area contributed by atoms with Crippen LogP contribution in [-0.4, -0.2) is 56.0 Å². The zero-order chi connectivity index (χ0) is 40.6. The molecule has 0 radical (unpaired) electrons. The monoisotopic (exact) mass is 950 g/mol. The quantitative estimate of drug-likeness (QED) is 0.0197. The van der Waals surface area contributed by atoms with Gasteiger partial charge in [0.05, 0.1) is 45.3 Å². The number of hydrogen-bond acceptors (Lipinski definition) is 20. The molecular weight excluding hydrogens is 933 g/mol. The molecule has 0 saturated carbocycles. The molecule has 0 saturated heterocycles. The minimum atomic E-state index is -5.06. The number of nitrogens with zero attached hydrogens (tertiary/aromatic N) is 8. The summed E-state index contributed by atoms with van der Waals surface area (Å²) < 4.78 is 80.6. The SMILES string of the molecule is O=S(=O)([O-])c1ccc2c(ccc3nn(N=Nc4ccc(C=Cc5ccc(-n6nc7cc(SOO[O-])c8ccccc8c7n6)cc5SOO[O-])c(S(=O)(=O)[O-])c4)nc32)c1.[Na+].[Na+].[Na+].[Na+]. The van der Waals surface area contributed by atoms with Gasteiger partial charge in [0.15, 0.2) is 0 Å². The summed E-state index contributed by atoms with van der Waals surface area (Å²) in [5.41, 5.74) is 2.48. The summed E-state index contributed by atoms with van der Waals surface area (Å²) in [6.07, 6.45) is 2.84. The summed E-state index contributed by atoms with van der Waals surface area (Å²) in [6, 6.07) is 24.4. The van der Waals surface area contributed by atoms with E-state index >= 15 is 0 Å². The second kappa shape index (κ2) is 22.6. The Hall–Kier alpha value is -1.74. The Morgan fingerprint density at radius 2 is 1.29 bits per heavy atom. The molecular formula is C34H18N8Na4O12S4. The Labute approximate surface area is 447 Å². The first-order valence-corrected chi connectivity index (χ1v) is 20.3. The van der Waals surface area contributed by atoms with Crippen LogP contribution in [0.2, 0.25) is 0 Å². The van der Waals surface area contributed by atoms with Crippen LogP contribution in [0.5, 0.6) is 0 Å². The van der Waals surface area contributed by atoms with Crippen LogP contribution >= 0.6 is 24.1 Å². The normalized spacial score (nSPS) is 11.9. The second-order valence-electron chi connectivity index (χ2n) is 11.9. The van der Waals surface area contributed by atoms with E-state index in [9.17, 15) is 36.5 Å². The maximum absolute atomic E-state index is 12.4. The number of benzene rings is 6. The number of hydrogen-bond donors (Lipinski definition) is 0. The van der Waals surface area contributed by atoms with Crippen molar-refractivity contribution in [3.8, 4) is 5.69 Å². The van der Waals surface area contributed by atoms with Gasteiger partial charge < -0.3 is 19.6 Å². The number of rotatable bonds is 13. The molecule has 0 bridgehead atoms. The summed E-state index contributed by atoms with van der Waals surface area (Å²) in [6.45, 7) is 0. The van der Waals surface area contributed by atoms with Crippen molar-refractivity contribution in [3.63, 3.8) is 0 Å². The molecule has 0 fully saturated rings. The van der Waals surface area contributed by atoms with Crippen LogP contribution in [0.3, 0.4) is 0 Å². The van der Waals surface area contributed by atoms with E-state index in [0.29, 0.717) is 65.9 Å². The van der Waals surface area contributed by atoms with Gasteiger partial charge in [-0.15, -0.1) is 25.5 Å². The van der Waals surface area contributed by atoms with Gasteiger partial charge in [-0.05, 0) is 75.2 Å². The van der Waals surface area contributed by atoms with Crippen molar-refractivity contribution < 1.29 is 173 Å². The molecule has 0 aliphatic rings. The minimum absolute atomic E-state index is 0. The van der Waals surface area contributed by atoms with Crippen LogP contribution in [0.4, 0.5) is 5.69 Å². The summed E-state index contributed by atoms with van der Waals surface area (Å²) >= 11 is 1.27.